The predicted octanol–water partition coefficient (Wildman–Crippen LogP) is 2.73. The number of alkyl carbamates (subject to hydrolysis) is 1. The first-order valence-electron chi connectivity index (χ1n) is 7.98. The summed E-state index contributed by atoms with van der Waals surface area (Å²) in [5.74, 6) is 1.15. The summed E-state index contributed by atoms with van der Waals surface area (Å²) in [5, 5.41) is 5.72. The Morgan fingerprint density at radius 1 is 1.21 bits per heavy atom. The molecule has 0 saturated heterocycles. The van der Waals surface area contributed by atoms with Gasteiger partial charge in [-0.25, -0.2) is 4.79 Å². The van der Waals surface area contributed by atoms with Crippen LogP contribution in [0.2, 0.25) is 0 Å². The van der Waals surface area contributed by atoms with Gasteiger partial charge < -0.3 is 25.8 Å². The van der Waals surface area contributed by atoms with E-state index in [4.69, 9.17) is 15.2 Å². The van der Waals surface area contributed by atoms with Gasteiger partial charge in [0.2, 0.25) is 0 Å². The van der Waals surface area contributed by atoms with Crippen molar-refractivity contribution in [1.82, 2.24) is 5.32 Å². The molecule has 0 bridgehead atoms. The molecule has 0 aliphatic heterocycles. The Hall–Kier alpha value is -2.44. The zero-order chi connectivity index (χ0) is 18.0. The van der Waals surface area contributed by atoms with Crippen molar-refractivity contribution < 1.29 is 14.3 Å². The summed E-state index contributed by atoms with van der Waals surface area (Å²) in [6.07, 6.45) is 1.23. The Kier molecular flexibility index (Phi) is 7.88. The van der Waals surface area contributed by atoms with Gasteiger partial charge in [0.25, 0.3) is 0 Å². The molecule has 1 aromatic rings. The quantitative estimate of drug-likeness (QED) is 0.404. The van der Waals surface area contributed by atoms with E-state index >= 15 is 0 Å². The largest absolute Gasteiger partial charge is 0.497 e. The van der Waals surface area contributed by atoms with Gasteiger partial charge in [0.1, 0.15) is 11.4 Å². The first kappa shape index (κ1) is 19.6. The summed E-state index contributed by atoms with van der Waals surface area (Å²) < 4.78 is 10.2. The van der Waals surface area contributed by atoms with E-state index in [0.29, 0.717) is 19.0 Å². The number of nitrogens with two attached hydrogens (primary N) is 1. The topological polar surface area (TPSA) is 98.0 Å². The zero-order valence-corrected chi connectivity index (χ0v) is 14.9. The van der Waals surface area contributed by atoms with Crippen LogP contribution in [0.25, 0.3) is 0 Å². The van der Waals surface area contributed by atoms with E-state index in [9.17, 15) is 4.79 Å². The number of amides is 1. The molecule has 0 unspecified atom stereocenters. The molecule has 0 saturated carbocycles. The average Bonchev–Trinajstić information content (AvgIpc) is 2.49. The van der Waals surface area contributed by atoms with Crippen LogP contribution in [0.15, 0.2) is 29.3 Å². The van der Waals surface area contributed by atoms with Crippen molar-refractivity contribution in [2.75, 3.05) is 25.5 Å². The van der Waals surface area contributed by atoms with E-state index in [1.165, 1.54) is 0 Å². The van der Waals surface area contributed by atoms with E-state index in [0.717, 1.165) is 24.3 Å². The van der Waals surface area contributed by atoms with Crippen molar-refractivity contribution in [2.24, 2.45) is 10.7 Å². The highest BCUT2D eigenvalue weighted by Gasteiger charge is 2.15. The highest BCUT2D eigenvalue weighted by Crippen LogP contribution is 2.14. The van der Waals surface area contributed by atoms with Crippen LogP contribution in [0.3, 0.4) is 0 Å². The predicted molar refractivity (Wildman–Crippen MR) is 96.6 cm³/mol. The lowest BCUT2D eigenvalue weighted by atomic mass is 10.2. The highest BCUT2D eigenvalue weighted by atomic mass is 16.6. The fraction of sp³-hybridized carbons (Fsp3) is 0.529. The number of carbonyl (C=O) groups excluding carboxylic acids is 1. The van der Waals surface area contributed by atoms with E-state index in [2.05, 4.69) is 15.6 Å². The normalized spacial score (nSPS) is 11.8. The Morgan fingerprint density at radius 3 is 2.46 bits per heavy atom. The minimum absolute atomic E-state index is 0.361. The van der Waals surface area contributed by atoms with Crippen LogP contribution in [0.1, 0.15) is 33.6 Å². The minimum atomic E-state index is -0.476. The molecule has 0 heterocycles. The number of aliphatic imine (C=N–C) groups is 1. The van der Waals surface area contributed by atoms with Crippen LogP contribution in [0.4, 0.5) is 10.5 Å². The van der Waals surface area contributed by atoms with Crippen LogP contribution in [0.5, 0.6) is 5.75 Å². The summed E-state index contributed by atoms with van der Waals surface area (Å²) in [4.78, 5) is 15.7. The summed E-state index contributed by atoms with van der Waals surface area (Å²) in [6, 6.07) is 7.42. The van der Waals surface area contributed by atoms with Crippen LogP contribution in [-0.4, -0.2) is 37.9 Å². The maximum absolute atomic E-state index is 11.4. The third-order valence-electron chi connectivity index (χ3n) is 2.90. The first-order chi connectivity index (χ1) is 11.3. The second kappa shape index (κ2) is 9.64. The van der Waals surface area contributed by atoms with Crippen molar-refractivity contribution >= 4 is 17.7 Å². The summed E-state index contributed by atoms with van der Waals surface area (Å²) in [7, 11) is 1.62. The lowest BCUT2D eigenvalue weighted by Gasteiger charge is -2.19. The van der Waals surface area contributed by atoms with E-state index in [1.54, 1.807) is 7.11 Å². The Balaban J connectivity index is 2.18. The van der Waals surface area contributed by atoms with E-state index < -0.39 is 11.7 Å². The number of carbonyl (C=O) groups is 1. The molecule has 0 atom stereocenters. The fourth-order valence-corrected chi connectivity index (χ4v) is 1.80. The molecule has 24 heavy (non-hydrogen) atoms. The molecule has 0 spiro atoms. The van der Waals surface area contributed by atoms with Crippen LogP contribution < -0.4 is 21.1 Å². The van der Waals surface area contributed by atoms with Gasteiger partial charge in [-0.1, -0.05) is 0 Å². The molecule has 7 nitrogen and oxygen atoms in total. The van der Waals surface area contributed by atoms with Gasteiger partial charge in [-0.3, -0.25) is 4.99 Å². The number of rotatable bonds is 7. The lowest BCUT2D eigenvalue weighted by Crippen LogP contribution is -2.33. The van der Waals surface area contributed by atoms with Crippen molar-refractivity contribution in [3.63, 3.8) is 0 Å². The first-order valence-corrected chi connectivity index (χ1v) is 7.98. The molecule has 0 radical (unpaired) electrons. The number of nitrogens with zero attached hydrogens (tertiary/aromatic N) is 1. The number of methoxy groups -OCH3 is 1. The molecule has 134 valence electrons. The maximum atomic E-state index is 11.4. The van der Waals surface area contributed by atoms with Crippen LogP contribution in [0, 0.1) is 0 Å². The molecular weight excluding hydrogens is 308 g/mol. The Labute approximate surface area is 143 Å². The number of unbranched alkanes of at least 4 members (excludes halogenated alkanes) is 1. The number of hydrogen-bond acceptors (Lipinski definition) is 4. The zero-order valence-electron chi connectivity index (χ0n) is 14.9. The van der Waals surface area contributed by atoms with Crippen LogP contribution >= 0.6 is 0 Å². The molecule has 1 aromatic carbocycles. The Morgan fingerprint density at radius 2 is 1.88 bits per heavy atom. The monoisotopic (exact) mass is 336 g/mol. The van der Waals surface area contributed by atoms with Crippen LogP contribution in [-0.2, 0) is 4.74 Å². The third-order valence-corrected chi connectivity index (χ3v) is 2.90. The number of guanidine groups is 1. The number of nitrogens with one attached hydrogen (secondary N) is 2. The standard InChI is InChI=1S/C17H28N4O3/c1-17(2,3)24-16(22)20-12-6-5-11-19-15(18)21-13-7-9-14(23-4)10-8-13/h7-10H,5-6,11-12H2,1-4H3,(H,20,22)(H3,18,19,21). The average molecular weight is 336 g/mol. The van der Waals surface area contributed by atoms with Gasteiger partial charge in [-0.15, -0.1) is 0 Å². The van der Waals surface area contributed by atoms with Gasteiger partial charge in [-0.05, 0) is 57.9 Å². The second-order valence-electron chi connectivity index (χ2n) is 6.26. The number of benzene rings is 1. The van der Waals surface area contributed by atoms with Crippen molar-refractivity contribution in [3.05, 3.63) is 24.3 Å². The third kappa shape index (κ3) is 8.87. The SMILES string of the molecule is COc1ccc(NC(N)=NCCCCNC(=O)OC(C)(C)C)cc1. The number of anilines is 1. The van der Waals surface area contributed by atoms with E-state index in [-0.39, 0.29) is 0 Å². The van der Waals surface area contributed by atoms with Crippen molar-refractivity contribution in [3.8, 4) is 5.75 Å². The lowest BCUT2D eigenvalue weighted by molar-refractivity contribution is 0.0527. The summed E-state index contributed by atoms with van der Waals surface area (Å²) in [6.45, 7) is 6.64. The molecule has 4 N–H and O–H groups in total. The molecule has 0 aliphatic carbocycles. The molecule has 0 aliphatic rings. The maximum Gasteiger partial charge on any atom is 0.407 e. The molecule has 0 aromatic heterocycles. The van der Waals surface area contributed by atoms with Gasteiger partial charge >= 0.3 is 6.09 Å². The smallest absolute Gasteiger partial charge is 0.407 e. The molecule has 0 fully saturated rings. The van der Waals surface area contributed by atoms with Crippen molar-refractivity contribution in [2.45, 2.75) is 39.2 Å². The fourth-order valence-electron chi connectivity index (χ4n) is 1.80. The van der Waals surface area contributed by atoms with Gasteiger partial charge in [0.15, 0.2) is 5.96 Å². The van der Waals surface area contributed by atoms with Gasteiger partial charge in [-0.2, -0.15) is 0 Å². The molecule has 1 rings (SSSR count). The molecular formula is C17H28N4O3. The molecule has 7 heteroatoms. The number of ether oxygens (including phenoxy) is 2. The van der Waals surface area contributed by atoms with Gasteiger partial charge in [0, 0.05) is 18.8 Å². The molecule has 1 amide bonds. The highest BCUT2D eigenvalue weighted by molar-refractivity contribution is 5.92. The second-order valence-corrected chi connectivity index (χ2v) is 6.26. The van der Waals surface area contributed by atoms with E-state index in [1.807, 2.05) is 45.0 Å². The van der Waals surface area contributed by atoms with Gasteiger partial charge in [0.05, 0.1) is 7.11 Å². The summed E-state index contributed by atoms with van der Waals surface area (Å²) >= 11 is 0. The number of hydrogen-bond donors (Lipinski definition) is 3. The minimum Gasteiger partial charge on any atom is -0.497 e. The Bertz CT molecular complexity index is 536. The summed E-state index contributed by atoms with van der Waals surface area (Å²) in [5.41, 5.74) is 6.20. The van der Waals surface area contributed by atoms with Crippen molar-refractivity contribution in [1.29, 1.82) is 0 Å².